The van der Waals surface area contributed by atoms with Gasteiger partial charge in [0.1, 0.15) is 0 Å². The van der Waals surface area contributed by atoms with Gasteiger partial charge in [-0.25, -0.2) is 0 Å². The van der Waals surface area contributed by atoms with Crippen molar-refractivity contribution in [2.24, 2.45) is 5.92 Å². The molecular formula is C23H28N2O3S. The van der Waals surface area contributed by atoms with Crippen LogP contribution < -0.4 is 4.90 Å². The molecule has 0 saturated carbocycles. The van der Waals surface area contributed by atoms with Crippen LogP contribution in [0.2, 0.25) is 0 Å². The molecule has 0 N–H and O–H groups in total. The number of hydrogen-bond acceptors (Lipinski definition) is 4. The first-order valence-corrected chi connectivity index (χ1v) is 11.2. The van der Waals surface area contributed by atoms with E-state index < -0.39 is 0 Å². The van der Waals surface area contributed by atoms with Gasteiger partial charge in [-0.1, -0.05) is 23.8 Å². The number of morpholine rings is 1. The van der Waals surface area contributed by atoms with Crippen molar-refractivity contribution in [1.82, 2.24) is 4.90 Å². The summed E-state index contributed by atoms with van der Waals surface area (Å²) in [5, 5.41) is 2.02. The number of thiophene rings is 1. The molecule has 6 heteroatoms. The Balaban J connectivity index is 1.70. The van der Waals surface area contributed by atoms with Crippen molar-refractivity contribution in [3.63, 3.8) is 0 Å². The van der Waals surface area contributed by atoms with Crippen LogP contribution in [0.25, 0.3) is 0 Å². The van der Waals surface area contributed by atoms with E-state index in [-0.39, 0.29) is 36.0 Å². The summed E-state index contributed by atoms with van der Waals surface area (Å²) in [4.78, 5) is 31.5. The number of aryl methyl sites for hydroxylation is 1. The summed E-state index contributed by atoms with van der Waals surface area (Å²) >= 11 is 1.61. The Bertz CT molecular complexity index is 855. The number of hydrogen-bond donors (Lipinski definition) is 0. The minimum Gasteiger partial charge on any atom is -0.372 e. The van der Waals surface area contributed by atoms with Crippen LogP contribution in [0.5, 0.6) is 0 Å². The fourth-order valence-electron chi connectivity index (χ4n) is 4.54. The highest BCUT2D eigenvalue weighted by Crippen LogP contribution is 2.42. The molecular weight excluding hydrogens is 384 g/mol. The summed E-state index contributed by atoms with van der Waals surface area (Å²) in [6.07, 6.45) is 1.03. The summed E-state index contributed by atoms with van der Waals surface area (Å²) in [7, 11) is 0. The van der Waals surface area contributed by atoms with E-state index in [0.717, 1.165) is 16.1 Å². The molecule has 29 heavy (non-hydrogen) atoms. The summed E-state index contributed by atoms with van der Waals surface area (Å²) < 4.78 is 5.82. The zero-order valence-corrected chi connectivity index (χ0v) is 18.0. The van der Waals surface area contributed by atoms with Crippen LogP contribution in [-0.2, 0) is 14.3 Å². The molecule has 1 aromatic heterocycles. The molecule has 2 fully saturated rings. The molecule has 0 spiro atoms. The second-order valence-electron chi connectivity index (χ2n) is 8.21. The Hall–Kier alpha value is -2.18. The molecule has 0 aliphatic carbocycles. The number of benzene rings is 1. The standard InChI is InChI=1S/C23H28N2O3S/c1-15-6-8-18(9-7-15)25-21(26)11-10-19(22(25)20-5-4-12-29-20)23(27)24-13-16(2)28-17(3)14-24/h4-9,12,16-17,19,22H,10-11,13-14H2,1-3H3. The van der Waals surface area contributed by atoms with E-state index in [1.165, 1.54) is 0 Å². The molecule has 4 atom stereocenters. The lowest BCUT2D eigenvalue weighted by Crippen LogP contribution is -2.54. The topological polar surface area (TPSA) is 49.9 Å². The van der Waals surface area contributed by atoms with Gasteiger partial charge in [0, 0.05) is 30.1 Å². The Labute approximate surface area is 176 Å². The van der Waals surface area contributed by atoms with Gasteiger partial charge in [-0.3, -0.25) is 9.59 Å². The molecule has 0 bridgehead atoms. The van der Waals surface area contributed by atoms with Gasteiger partial charge in [-0.05, 0) is 50.8 Å². The van der Waals surface area contributed by atoms with E-state index in [4.69, 9.17) is 4.74 Å². The second-order valence-corrected chi connectivity index (χ2v) is 9.18. The highest BCUT2D eigenvalue weighted by atomic mass is 32.1. The number of amides is 2. The normalized spacial score (nSPS) is 27.9. The highest BCUT2D eigenvalue weighted by molar-refractivity contribution is 7.10. The second kappa shape index (κ2) is 8.28. The van der Waals surface area contributed by atoms with Gasteiger partial charge < -0.3 is 14.5 Å². The van der Waals surface area contributed by atoms with E-state index in [9.17, 15) is 9.59 Å². The van der Waals surface area contributed by atoms with Crippen molar-refractivity contribution >= 4 is 28.8 Å². The zero-order chi connectivity index (χ0) is 20.5. The van der Waals surface area contributed by atoms with E-state index in [1.54, 1.807) is 11.3 Å². The average Bonchev–Trinajstić information content (AvgIpc) is 3.22. The number of carbonyl (C=O) groups excluding carboxylic acids is 2. The van der Waals surface area contributed by atoms with Gasteiger partial charge in [0.05, 0.1) is 24.2 Å². The minimum atomic E-state index is -0.264. The third-order valence-corrected chi connectivity index (χ3v) is 6.74. The molecule has 0 radical (unpaired) electrons. The van der Waals surface area contributed by atoms with Crippen molar-refractivity contribution in [3.8, 4) is 0 Å². The lowest BCUT2D eigenvalue weighted by Gasteiger charge is -2.43. The number of nitrogens with zero attached hydrogens (tertiary/aromatic N) is 2. The predicted octanol–water partition coefficient (Wildman–Crippen LogP) is 4.18. The molecule has 5 nitrogen and oxygen atoms in total. The number of anilines is 1. The van der Waals surface area contributed by atoms with Gasteiger partial charge in [-0.2, -0.15) is 0 Å². The number of carbonyl (C=O) groups is 2. The van der Waals surface area contributed by atoms with Crippen molar-refractivity contribution in [2.45, 2.75) is 51.9 Å². The van der Waals surface area contributed by atoms with E-state index in [2.05, 4.69) is 0 Å². The van der Waals surface area contributed by atoms with E-state index in [0.29, 0.717) is 25.9 Å². The Kier molecular flexibility index (Phi) is 5.74. The van der Waals surface area contributed by atoms with E-state index >= 15 is 0 Å². The molecule has 4 unspecified atom stereocenters. The summed E-state index contributed by atoms with van der Waals surface area (Å²) in [5.41, 5.74) is 2.01. The zero-order valence-electron chi connectivity index (χ0n) is 17.2. The van der Waals surface area contributed by atoms with Crippen molar-refractivity contribution in [1.29, 1.82) is 0 Å². The first-order valence-electron chi connectivity index (χ1n) is 10.3. The van der Waals surface area contributed by atoms with Crippen LogP contribution in [0.4, 0.5) is 5.69 Å². The van der Waals surface area contributed by atoms with Crippen LogP contribution in [0.3, 0.4) is 0 Å². The molecule has 2 aromatic rings. The molecule has 2 amide bonds. The van der Waals surface area contributed by atoms with Crippen LogP contribution in [0.15, 0.2) is 41.8 Å². The molecule has 4 rings (SSSR count). The SMILES string of the molecule is Cc1ccc(N2C(=O)CCC(C(=O)N3CC(C)OC(C)C3)C2c2cccs2)cc1. The smallest absolute Gasteiger partial charge is 0.228 e. The van der Waals surface area contributed by atoms with Crippen LogP contribution >= 0.6 is 11.3 Å². The molecule has 154 valence electrons. The maximum absolute atomic E-state index is 13.6. The summed E-state index contributed by atoms with van der Waals surface area (Å²) in [6.45, 7) is 7.27. The van der Waals surface area contributed by atoms with Crippen molar-refractivity contribution in [2.75, 3.05) is 18.0 Å². The van der Waals surface area contributed by atoms with Crippen LogP contribution in [-0.4, -0.2) is 42.0 Å². The largest absolute Gasteiger partial charge is 0.372 e. The summed E-state index contributed by atoms with van der Waals surface area (Å²) in [5.74, 6) is -0.0276. The first-order chi connectivity index (χ1) is 13.9. The van der Waals surface area contributed by atoms with E-state index in [1.807, 2.05) is 72.3 Å². The Morgan fingerprint density at radius 3 is 2.41 bits per heavy atom. The number of ether oxygens (including phenoxy) is 1. The lowest BCUT2D eigenvalue weighted by atomic mass is 9.85. The molecule has 2 saturated heterocycles. The fourth-order valence-corrected chi connectivity index (χ4v) is 5.42. The molecule has 1 aromatic carbocycles. The Morgan fingerprint density at radius 2 is 1.79 bits per heavy atom. The van der Waals surface area contributed by atoms with Gasteiger partial charge in [-0.15, -0.1) is 11.3 Å². The fraction of sp³-hybridized carbons (Fsp3) is 0.478. The van der Waals surface area contributed by atoms with Gasteiger partial charge in [0.15, 0.2) is 0 Å². The number of piperidine rings is 1. The maximum atomic E-state index is 13.6. The highest BCUT2D eigenvalue weighted by Gasteiger charge is 2.44. The average molecular weight is 413 g/mol. The maximum Gasteiger partial charge on any atom is 0.228 e. The lowest BCUT2D eigenvalue weighted by molar-refractivity contribution is -0.149. The van der Waals surface area contributed by atoms with Crippen LogP contribution in [0.1, 0.15) is 43.2 Å². The Morgan fingerprint density at radius 1 is 1.10 bits per heavy atom. The minimum absolute atomic E-state index is 0.0290. The van der Waals surface area contributed by atoms with Gasteiger partial charge >= 0.3 is 0 Å². The van der Waals surface area contributed by atoms with Crippen LogP contribution in [0, 0.1) is 12.8 Å². The molecule has 2 aliphatic heterocycles. The van der Waals surface area contributed by atoms with Crippen molar-refractivity contribution in [3.05, 3.63) is 52.2 Å². The molecule has 3 heterocycles. The first kappa shape index (κ1) is 20.1. The quantitative estimate of drug-likeness (QED) is 0.760. The number of rotatable bonds is 3. The monoisotopic (exact) mass is 412 g/mol. The summed E-state index contributed by atoms with van der Waals surface area (Å²) in [6, 6.07) is 11.8. The third kappa shape index (κ3) is 4.09. The van der Waals surface area contributed by atoms with Crippen molar-refractivity contribution < 1.29 is 14.3 Å². The van der Waals surface area contributed by atoms with Gasteiger partial charge in [0.25, 0.3) is 0 Å². The third-order valence-electron chi connectivity index (χ3n) is 5.79. The van der Waals surface area contributed by atoms with Gasteiger partial charge in [0.2, 0.25) is 11.8 Å². The predicted molar refractivity (Wildman–Crippen MR) is 115 cm³/mol. The molecule has 2 aliphatic rings.